The zero-order valence-corrected chi connectivity index (χ0v) is 47.4. The number of ether oxygens (including phenoxy) is 8. The molecule has 0 aromatic heterocycles. The van der Waals surface area contributed by atoms with Crippen LogP contribution >= 0.6 is 0 Å². The molecular weight excluding hydrogens is 1080 g/mol. The van der Waals surface area contributed by atoms with Crippen LogP contribution in [0.1, 0.15) is 26.7 Å². The molecule has 0 saturated carbocycles. The molecular formula is C49H110O31. The maximum atomic E-state index is 9.03. The molecule has 0 aromatic carbocycles. The molecule has 80 heavy (non-hydrogen) atoms. The first kappa shape index (κ1) is 90.0. The van der Waals surface area contributed by atoms with Crippen molar-refractivity contribution in [2.45, 2.75) is 32.8 Å². The molecule has 0 fully saturated rings. The Kier molecular flexibility index (Phi) is 70.0. The zero-order chi connectivity index (χ0) is 62.5. The molecule has 0 aliphatic carbocycles. The second kappa shape index (κ2) is 62.3. The lowest BCUT2D eigenvalue weighted by Gasteiger charge is -2.32. The molecule has 0 radical (unpaired) electrons. The molecule has 0 aliphatic heterocycles. The van der Waals surface area contributed by atoms with E-state index in [1.54, 1.807) is 0 Å². The fraction of sp³-hybridized carbons (Fsp3) is 1.00. The molecule has 31 heteroatoms. The van der Waals surface area contributed by atoms with Gasteiger partial charge in [-0.15, -0.1) is 0 Å². The second-order valence-corrected chi connectivity index (χ2v) is 18.7. The molecule has 0 atom stereocenters. The predicted octanol–water partition coefficient (Wildman–Crippen LogP) is -10.0. The largest absolute Gasteiger partial charge is 0.396 e. The van der Waals surface area contributed by atoms with E-state index >= 15 is 0 Å². The molecule has 0 saturated heterocycles. The van der Waals surface area contributed by atoms with Gasteiger partial charge in [0.25, 0.3) is 0 Å². The Morgan fingerprint density at radius 1 is 0.225 bits per heavy atom. The normalized spacial score (nSPS) is 12.1. The minimum absolute atomic E-state index is 0.0191. The predicted molar refractivity (Wildman–Crippen MR) is 284 cm³/mol. The number of hydrogen-bond acceptors (Lipinski definition) is 31. The molecule has 0 unspecified atom stereocenters. The Morgan fingerprint density at radius 3 is 0.512 bits per heavy atom. The first-order chi connectivity index (χ1) is 38.3. The van der Waals surface area contributed by atoms with E-state index in [1.807, 2.05) is 13.8 Å². The molecule has 0 aromatic rings. The van der Waals surface area contributed by atoms with E-state index in [9.17, 15) is 0 Å². The van der Waals surface area contributed by atoms with Crippen molar-refractivity contribution in [3.8, 4) is 0 Å². The highest BCUT2D eigenvalue weighted by molar-refractivity contribution is 4.82. The van der Waals surface area contributed by atoms with E-state index in [0.29, 0.717) is 26.2 Å². The van der Waals surface area contributed by atoms with E-state index in [0.717, 1.165) is 6.42 Å². The van der Waals surface area contributed by atoms with Crippen molar-refractivity contribution < 1.29 is 155 Å². The smallest absolute Gasteiger partial charge is 0.100 e. The number of aliphatic hydroxyl groups is 23. The summed E-state index contributed by atoms with van der Waals surface area (Å²) in [6.45, 7) is 1.31. The van der Waals surface area contributed by atoms with Crippen LogP contribution < -0.4 is 0 Å². The van der Waals surface area contributed by atoms with Gasteiger partial charge in [0.1, 0.15) is 6.10 Å². The summed E-state index contributed by atoms with van der Waals surface area (Å²) < 4.78 is 42.7. The van der Waals surface area contributed by atoms with Crippen LogP contribution in [0.3, 0.4) is 0 Å². The molecule has 0 amide bonds. The third-order valence-corrected chi connectivity index (χ3v) is 11.6. The van der Waals surface area contributed by atoms with Crippen molar-refractivity contribution in [3.63, 3.8) is 0 Å². The highest BCUT2D eigenvalue weighted by Crippen LogP contribution is 2.25. The molecule has 0 rings (SSSR count). The van der Waals surface area contributed by atoms with E-state index in [1.165, 1.54) is 0 Å². The lowest BCUT2D eigenvalue weighted by molar-refractivity contribution is -0.115. The molecule has 0 aliphatic rings. The summed E-state index contributed by atoms with van der Waals surface area (Å²) in [4.78, 5) is 0. The highest BCUT2D eigenvalue weighted by Gasteiger charge is 2.35. The molecule has 492 valence electrons. The lowest BCUT2D eigenvalue weighted by atomic mass is 9.88. The molecule has 0 bridgehead atoms. The maximum absolute atomic E-state index is 9.03. The van der Waals surface area contributed by atoms with Gasteiger partial charge in [-0.1, -0.05) is 13.8 Å². The van der Waals surface area contributed by atoms with Gasteiger partial charge in [-0.3, -0.25) is 0 Å². The summed E-state index contributed by atoms with van der Waals surface area (Å²) in [6.07, 6.45) is 0.427. The fourth-order valence-electron chi connectivity index (χ4n) is 5.05. The molecule has 31 nitrogen and oxygen atoms in total. The highest BCUT2D eigenvalue weighted by atomic mass is 16.5. The number of aliphatic hydroxyl groups excluding tert-OH is 23. The Morgan fingerprint density at radius 2 is 0.400 bits per heavy atom. The first-order valence-electron chi connectivity index (χ1n) is 26.1. The average Bonchev–Trinajstić information content (AvgIpc) is 3.50. The summed E-state index contributed by atoms with van der Waals surface area (Å²) in [6, 6.07) is 0. The average molecular weight is 1200 g/mol. The Bertz CT molecular complexity index is 1000. The summed E-state index contributed by atoms with van der Waals surface area (Å²) in [5.74, 6) is 0. The zero-order valence-electron chi connectivity index (χ0n) is 47.4. The van der Waals surface area contributed by atoms with Gasteiger partial charge < -0.3 is 155 Å². The fourth-order valence-corrected chi connectivity index (χ4v) is 5.05. The summed E-state index contributed by atoms with van der Waals surface area (Å²) >= 11 is 0. The van der Waals surface area contributed by atoms with Crippen LogP contribution in [0, 0.1) is 32.5 Å². The minimum atomic E-state index is -1.16. The van der Waals surface area contributed by atoms with Crippen molar-refractivity contribution in [1.29, 1.82) is 0 Å². The molecule has 23 N–H and O–H groups in total. The topological polar surface area (TPSA) is 539 Å². The third kappa shape index (κ3) is 46.1. The van der Waals surface area contributed by atoms with Gasteiger partial charge in [-0.25, -0.2) is 0 Å². The van der Waals surface area contributed by atoms with Crippen LogP contribution in [0.5, 0.6) is 0 Å². The van der Waals surface area contributed by atoms with Crippen LogP contribution in [0.4, 0.5) is 0 Å². The van der Waals surface area contributed by atoms with Gasteiger partial charge in [0.2, 0.25) is 0 Å². The van der Waals surface area contributed by atoms with E-state index in [2.05, 4.69) is 0 Å². The first-order valence-corrected chi connectivity index (χ1v) is 26.1. The van der Waals surface area contributed by atoms with Crippen molar-refractivity contribution in [1.82, 2.24) is 0 Å². The van der Waals surface area contributed by atoms with Crippen LogP contribution in [-0.2, 0) is 37.9 Å². The SMILES string of the molecule is CCC(CO)(CO)CO.CCC(COCCO)(COCCO)COCCO.OCC(CO)(CO)CO.OCC(CO)(CO)COCC(CO)(CO)CO.OCC(O)CO.OCCOCC(COCCO)(COCCO)COCCO. The Balaban J connectivity index is -0.000000215. The lowest BCUT2D eigenvalue weighted by Crippen LogP contribution is -2.43. The standard InChI is InChI=1S/C13H28O8.C12H26O6.C10H22O7.C6H14O3.C5H12O4.C3H8O3/c14-1-5-18-9-13(10-19-6-2-15,11-20-7-3-16)12-21-8-4-17;1-2-12(9-16-6-3-13,10-17-7-4-14)11-18-8-5-15;11-1-9(2-12,3-13)7-17-8-10(4-14,5-15)6-16;1-2-6(3-7,4-8)5-9;6-1-5(2-7,3-8)4-9;4-1-3(6)2-5/h14-17H,1-12H2;13-15H,2-11H2,1H3;11-16H,1-8H2;7-9H,2-5H2,1H3;6-9H,1-4H2;3-6H,1-2H2. The Hall–Kier alpha value is -1.24. The monoisotopic (exact) mass is 1190 g/mol. The van der Waals surface area contributed by atoms with Crippen LogP contribution in [0.2, 0.25) is 0 Å². The molecule has 0 heterocycles. The van der Waals surface area contributed by atoms with Gasteiger partial charge >= 0.3 is 0 Å². The third-order valence-electron chi connectivity index (χ3n) is 11.6. The van der Waals surface area contributed by atoms with Gasteiger partial charge in [-0.2, -0.15) is 0 Å². The van der Waals surface area contributed by atoms with Gasteiger partial charge in [0.05, 0.1) is 273 Å². The number of rotatable bonds is 49. The van der Waals surface area contributed by atoms with Gasteiger partial charge in [-0.05, 0) is 12.8 Å². The van der Waals surface area contributed by atoms with Gasteiger partial charge in [0.15, 0.2) is 0 Å². The van der Waals surface area contributed by atoms with E-state index in [4.69, 9.17) is 155 Å². The summed E-state index contributed by atoms with van der Waals surface area (Å²) in [7, 11) is 0. The van der Waals surface area contributed by atoms with Crippen LogP contribution in [0.25, 0.3) is 0 Å². The quantitative estimate of drug-likeness (QED) is 0.0252. The minimum Gasteiger partial charge on any atom is -0.396 e. The summed E-state index contributed by atoms with van der Waals surface area (Å²) in [5.41, 5.74) is -5.04. The van der Waals surface area contributed by atoms with Crippen LogP contribution in [-0.4, -0.2) is 375 Å². The molecule has 0 spiro atoms. The Labute approximate surface area is 470 Å². The second-order valence-electron chi connectivity index (χ2n) is 18.7. The van der Waals surface area contributed by atoms with Gasteiger partial charge in [0, 0.05) is 10.8 Å². The number of hydrogen-bond donors (Lipinski definition) is 23. The van der Waals surface area contributed by atoms with E-state index in [-0.39, 0.29) is 171 Å². The maximum Gasteiger partial charge on any atom is 0.100 e. The summed E-state index contributed by atoms with van der Waals surface area (Å²) in [5, 5.41) is 199. The van der Waals surface area contributed by atoms with Crippen molar-refractivity contribution >= 4 is 0 Å². The van der Waals surface area contributed by atoms with Crippen LogP contribution in [0.15, 0.2) is 0 Å². The van der Waals surface area contributed by atoms with Crippen molar-refractivity contribution in [2.75, 3.05) is 251 Å². The van der Waals surface area contributed by atoms with Crippen molar-refractivity contribution in [3.05, 3.63) is 0 Å². The van der Waals surface area contributed by atoms with E-state index < -0.39 is 99.2 Å². The van der Waals surface area contributed by atoms with Crippen molar-refractivity contribution in [2.24, 2.45) is 32.5 Å².